The average Bonchev–Trinajstić information content (AvgIpc) is 1.85. The lowest BCUT2D eigenvalue weighted by Crippen LogP contribution is -1.74. The topological polar surface area (TPSA) is 17.1 Å². The first-order valence-corrected chi connectivity index (χ1v) is 3.41. The molecule has 0 radical (unpaired) electrons. The van der Waals surface area contributed by atoms with Gasteiger partial charge in [-0.05, 0) is 33.3 Å². The Morgan fingerprint density at radius 2 is 1.90 bits per heavy atom. The molecule has 0 aromatic heterocycles. The Bertz CT molecular complexity index is 160. The molecule has 0 bridgehead atoms. The lowest BCUT2D eigenvalue weighted by atomic mass is 10.1. The molecule has 10 heavy (non-hydrogen) atoms. The first kappa shape index (κ1) is 9.15. The van der Waals surface area contributed by atoms with Crippen molar-refractivity contribution in [1.82, 2.24) is 0 Å². The summed E-state index contributed by atoms with van der Waals surface area (Å²) < 4.78 is 0. The predicted molar refractivity (Wildman–Crippen MR) is 43.9 cm³/mol. The van der Waals surface area contributed by atoms with Crippen LogP contribution in [0.2, 0.25) is 0 Å². The minimum Gasteiger partial charge on any atom is -0.299 e. The number of carbonyl (C=O) groups excluding carboxylic acids is 1. The summed E-state index contributed by atoms with van der Waals surface area (Å²) in [7, 11) is 0. The Hall–Kier alpha value is -0.850. The van der Waals surface area contributed by atoms with Gasteiger partial charge >= 0.3 is 0 Å². The molecule has 0 N–H and O–H groups in total. The zero-order valence-electron chi connectivity index (χ0n) is 6.85. The molecule has 0 aliphatic rings. The van der Waals surface area contributed by atoms with Crippen LogP contribution in [-0.2, 0) is 4.79 Å². The molecule has 0 heterocycles. The Morgan fingerprint density at radius 3 is 2.30 bits per heavy atom. The largest absolute Gasteiger partial charge is 0.299 e. The lowest BCUT2D eigenvalue weighted by Gasteiger charge is -1.92. The third-order valence-corrected chi connectivity index (χ3v) is 1.18. The van der Waals surface area contributed by atoms with Gasteiger partial charge in [0, 0.05) is 0 Å². The number of hydrogen-bond donors (Lipinski definition) is 0. The van der Waals surface area contributed by atoms with Crippen molar-refractivity contribution in [3.63, 3.8) is 0 Å². The van der Waals surface area contributed by atoms with Gasteiger partial charge in [0.1, 0.15) is 6.29 Å². The molecule has 0 rings (SSSR count). The van der Waals surface area contributed by atoms with Gasteiger partial charge < -0.3 is 0 Å². The van der Waals surface area contributed by atoms with Crippen molar-refractivity contribution in [2.75, 3.05) is 0 Å². The molecule has 1 heteroatoms. The second-order valence-electron chi connectivity index (χ2n) is 2.63. The van der Waals surface area contributed by atoms with Gasteiger partial charge in [-0.3, -0.25) is 4.79 Å². The summed E-state index contributed by atoms with van der Waals surface area (Å²) in [6.07, 6.45) is 5.42. The molecule has 0 aromatic rings. The SMILES string of the molecule is CC(C)=CCC(C)=CC=O. The second-order valence-corrected chi connectivity index (χ2v) is 2.63. The standard InChI is InChI=1S/C9H14O/c1-8(2)4-5-9(3)6-7-10/h4,6-7H,5H2,1-3H3. The van der Waals surface area contributed by atoms with E-state index in [1.54, 1.807) is 6.08 Å². The molecule has 0 aliphatic carbocycles. The van der Waals surface area contributed by atoms with E-state index in [0.29, 0.717) is 0 Å². The summed E-state index contributed by atoms with van der Waals surface area (Å²) in [5.74, 6) is 0. The molecule has 0 fully saturated rings. The Morgan fingerprint density at radius 1 is 1.30 bits per heavy atom. The van der Waals surface area contributed by atoms with E-state index in [1.165, 1.54) is 5.57 Å². The molecule has 0 aromatic carbocycles. The van der Waals surface area contributed by atoms with E-state index >= 15 is 0 Å². The summed E-state index contributed by atoms with van der Waals surface area (Å²) >= 11 is 0. The number of hydrogen-bond acceptors (Lipinski definition) is 1. The zero-order chi connectivity index (χ0) is 7.98. The molecule has 56 valence electrons. The van der Waals surface area contributed by atoms with Crippen molar-refractivity contribution < 1.29 is 4.79 Å². The maximum Gasteiger partial charge on any atom is 0.142 e. The lowest BCUT2D eigenvalue weighted by molar-refractivity contribution is -0.104. The van der Waals surface area contributed by atoms with Gasteiger partial charge in [-0.1, -0.05) is 17.2 Å². The molecule has 0 atom stereocenters. The van der Waals surface area contributed by atoms with E-state index < -0.39 is 0 Å². The van der Waals surface area contributed by atoms with Crippen LogP contribution in [0.15, 0.2) is 23.3 Å². The summed E-state index contributed by atoms with van der Waals surface area (Å²) in [6, 6.07) is 0. The second kappa shape index (κ2) is 4.98. The number of aldehydes is 1. The van der Waals surface area contributed by atoms with E-state index in [1.807, 2.05) is 20.8 Å². The Balaban J connectivity index is 3.80. The van der Waals surface area contributed by atoms with Crippen LogP contribution < -0.4 is 0 Å². The molecule has 1 nitrogen and oxygen atoms in total. The highest BCUT2D eigenvalue weighted by Crippen LogP contribution is 2.02. The van der Waals surface area contributed by atoms with E-state index in [2.05, 4.69) is 6.08 Å². The highest BCUT2D eigenvalue weighted by atomic mass is 16.1. The molecule has 0 saturated carbocycles. The predicted octanol–water partition coefficient (Wildman–Crippen LogP) is 2.49. The van der Waals surface area contributed by atoms with Crippen LogP contribution in [-0.4, -0.2) is 6.29 Å². The van der Waals surface area contributed by atoms with Crippen LogP contribution in [0.25, 0.3) is 0 Å². The van der Waals surface area contributed by atoms with Gasteiger partial charge in [0.15, 0.2) is 0 Å². The third kappa shape index (κ3) is 5.29. The maximum atomic E-state index is 9.96. The fourth-order valence-electron chi connectivity index (χ4n) is 0.549. The smallest absolute Gasteiger partial charge is 0.142 e. The third-order valence-electron chi connectivity index (χ3n) is 1.18. The normalized spacial score (nSPS) is 10.9. The highest BCUT2D eigenvalue weighted by molar-refractivity contribution is 5.65. The highest BCUT2D eigenvalue weighted by Gasteiger charge is 1.83. The fourth-order valence-corrected chi connectivity index (χ4v) is 0.549. The first-order valence-electron chi connectivity index (χ1n) is 3.41. The van der Waals surface area contributed by atoms with Gasteiger partial charge in [-0.25, -0.2) is 0 Å². The molecule has 0 unspecified atom stereocenters. The van der Waals surface area contributed by atoms with Crippen molar-refractivity contribution in [2.45, 2.75) is 27.2 Å². The first-order chi connectivity index (χ1) is 4.66. The Kier molecular flexibility index (Phi) is 4.55. The van der Waals surface area contributed by atoms with Crippen LogP contribution in [0.1, 0.15) is 27.2 Å². The van der Waals surface area contributed by atoms with Gasteiger partial charge in [0.25, 0.3) is 0 Å². The monoisotopic (exact) mass is 138 g/mol. The van der Waals surface area contributed by atoms with Gasteiger partial charge in [0.05, 0.1) is 0 Å². The Labute approximate surface area is 62.4 Å². The van der Waals surface area contributed by atoms with E-state index in [-0.39, 0.29) is 0 Å². The van der Waals surface area contributed by atoms with Gasteiger partial charge in [-0.2, -0.15) is 0 Å². The maximum absolute atomic E-state index is 9.96. The number of allylic oxidation sites excluding steroid dienone is 4. The van der Waals surface area contributed by atoms with Crippen LogP contribution in [0.3, 0.4) is 0 Å². The number of carbonyl (C=O) groups is 1. The molecular formula is C9H14O. The minimum absolute atomic E-state index is 0.828. The van der Waals surface area contributed by atoms with Crippen molar-refractivity contribution in [3.8, 4) is 0 Å². The van der Waals surface area contributed by atoms with Crippen molar-refractivity contribution >= 4 is 6.29 Å². The van der Waals surface area contributed by atoms with Gasteiger partial charge in [-0.15, -0.1) is 0 Å². The average molecular weight is 138 g/mol. The molecule has 0 aliphatic heterocycles. The van der Waals surface area contributed by atoms with Crippen LogP contribution in [0.4, 0.5) is 0 Å². The van der Waals surface area contributed by atoms with Crippen LogP contribution in [0.5, 0.6) is 0 Å². The van der Waals surface area contributed by atoms with Crippen molar-refractivity contribution in [1.29, 1.82) is 0 Å². The number of rotatable bonds is 3. The molecule has 0 saturated heterocycles. The van der Waals surface area contributed by atoms with E-state index in [0.717, 1.165) is 18.3 Å². The van der Waals surface area contributed by atoms with Crippen LogP contribution >= 0.6 is 0 Å². The minimum atomic E-state index is 0.828. The summed E-state index contributed by atoms with van der Waals surface area (Å²) in [4.78, 5) is 9.96. The summed E-state index contributed by atoms with van der Waals surface area (Å²) in [5.41, 5.74) is 2.40. The van der Waals surface area contributed by atoms with E-state index in [9.17, 15) is 4.79 Å². The fraction of sp³-hybridized carbons (Fsp3) is 0.444. The molecule has 0 amide bonds. The molecule has 0 spiro atoms. The van der Waals surface area contributed by atoms with Crippen molar-refractivity contribution in [3.05, 3.63) is 23.3 Å². The van der Waals surface area contributed by atoms with E-state index in [4.69, 9.17) is 0 Å². The zero-order valence-corrected chi connectivity index (χ0v) is 6.85. The van der Waals surface area contributed by atoms with Crippen LogP contribution in [0, 0.1) is 0 Å². The summed E-state index contributed by atoms with van der Waals surface area (Å²) in [5, 5.41) is 0. The van der Waals surface area contributed by atoms with Crippen molar-refractivity contribution in [2.24, 2.45) is 0 Å². The van der Waals surface area contributed by atoms with Gasteiger partial charge in [0.2, 0.25) is 0 Å². The molecular weight excluding hydrogens is 124 g/mol. The quantitative estimate of drug-likeness (QED) is 0.332. The summed E-state index contributed by atoms with van der Waals surface area (Å²) in [6.45, 7) is 6.05.